The third-order valence-electron chi connectivity index (χ3n) is 3.02. The number of thiophene rings is 1. The summed E-state index contributed by atoms with van der Waals surface area (Å²) in [6, 6.07) is 12.5. The second kappa shape index (κ2) is 6.50. The van der Waals surface area contributed by atoms with Crippen molar-refractivity contribution >= 4 is 17.2 Å². The molecule has 2 aromatic rings. The lowest BCUT2D eigenvalue weighted by Crippen LogP contribution is -2.32. The van der Waals surface area contributed by atoms with E-state index in [9.17, 15) is 4.79 Å². The fourth-order valence-corrected chi connectivity index (χ4v) is 3.08. The van der Waals surface area contributed by atoms with E-state index < -0.39 is 0 Å². The molecule has 1 atom stereocenters. The van der Waals surface area contributed by atoms with Crippen LogP contribution in [0.2, 0.25) is 0 Å². The van der Waals surface area contributed by atoms with E-state index in [-0.39, 0.29) is 18.5 Å². The number of nitrogens with one attached hydrogen (secondary N) is 1. The van der Waals surface area contributed by atoms with Crippen LogP contribution in [0.5, 0.6) is 0 Å². The van der Waals surface area contributed by atoms with E-state index in [1.165, 1.54) is 16.0 Å². The van der Waals surface area contributed by atoms with Gasteiger partial charge in [-0.3, -0.25) is 4.79 Å². The number of carbonyl (C=O) groups excluding carboxylic acids is 1. The zero-order chi connectivity index (χ0) is 13.7. The summed E-state index contributed by atoms with van der Waals surface area (Å²) in [5.74, 6) is -0.327. The molecule has 1 unspecified atom stereocenters. The summed E-state index contributed by atoms with van der Waals surface area (Å²) in [7, 11) is 0. The van der Waals surface area contributed by atoms with Crippen molar-refractivity contribution in [2.45, 2.75) is 19.4 Å². The van der Waals surface area contributed by atoms with Gasteiger partial charge in [-0.1, -0.05) is 30.3 Å². The van der Waals surface area contributed by atoms with Crippen molar-refractivity contribution in [2.75, 3.05) is 6.54 Å². The number of rotatable bonds is 6. The molecule has 100 valence electrons. The predicted octanol–water partition coefficient (Wildman–Crippen LogP) is 2.42. The van der Waals surface area contributed by atoms with Gasteiger partial charge in [-0.25, -0.2) is 0 Å². The van der Waals surface area contributed by atoms with E-state index in [1.807, 2.05) is 18.2 Å². The lowest BCUT2D eigenvalue weighted by Gasteiger charge is -2.18. The average Bonchev–Trinajstić information content (AvgIpc) is 2.82. The molecule has 0 aliphatic rings. The summed E-state index contributed by atoms with van der Waals surface area (Å²) < 4.78 is 0. The minimum absolute atomic E-state index is 0.134. The SMILES string of the molecule is Cc1ccsc1C(Cc1ccccc1)NCC(N)=O. The summed E-state index contributed by atoms with van der Waals surface area (Å²) in [4.78, 5) is 12.2. The van der Waals surface area contributed by atoms with Crippen LogP contribution in [0.15, 0.2) is 41.8 Å². The molecule has 0 aliphatic carbocycles. The lowest BCUT2D eigenvalue weighted by molar-refractivity contribution is -0.117. The van der Waals surface area contributed by atoms with Gasteiger partial charge in [0.15, 0.2) is 0 Å². The van der Waals surface area contributed by atoms with Crippen LogP contribution in [-0.4, -0.2) is 12.5 Å². The van der Waals surface area contributed by atoms with Crippen LogP contribution in [0.3, 0.4) is 0 Å². The summed E-state index contributed by atoms with van der Waals surface area (Å²) in [5.41, 5.74) is 7.73. The Kier molecular flexibility index (Phi) is 4.71. The Morgan fingerprint density at radius 2 is 2.05 bits per heavy atom. The maximum absolute atomic E-state index is 11.0. The van der Waals surface area contributed by atoms with Gasteiger partial charge in [0.05, 0.1) is 6.54 Å². The third-order valence-corrected chi connectivity index (χ3v) is 4.16. The van der Waals surface area contributed by atoms with Crippen molar-refractivity contribution < 1.29 is 4.79 Å². The first-order valence-corrected chi connectivity index (χ1v) is 7.14. The topological polar surface area (TPSA) is 55.1 Å². The van der Waals surface area contributed by atoms with Crippen molar-refractivity contribution in [3.05, 3.63) is 57.8 Å². The number of primary amides is 1. The summed E-state index contributed by atoms with van der Waals surface area (Å²) in [6.45, 7) is 2.30. The number of carbonyl (C=O) groups is 1. The maximum Gasteiger partial charge on any atom is 0.231 e. The molecule has 0 saturated carbocycles. The molecular weight excluding hydrogens is 256 g/mol. The smallest absolute Gasteiger partial charge is 0.231 e. The minimum Gasteiger partial charge on any atom is -0.369 e. The van der Waals surface area contributed by atoms with Crippen LogP contribution >= 0.6 is 11.3 Å². The highest BCUT2D eigenvalue weighted by atomic mass is 32.1. The quantitative estimate of drug-likeness (QED) is 0.850. The van der Waals surface area contributed by atoms with Gasteiger partial charge >= 0.3 is 0 Å². The van der Waals surface area contributed by atoms with Crippen LogP contribution in [0.25, 0.3) is 0 Å². The van der Waals surface area contributed by atoms with Gasteiger partial charge in [-0.05, 0) is 35.9 Å². The Morgan fingerprint density at radius 3 is 2.63 bits per heavy atom. The molecule has 0 fully saturated rings. The Balaban J connectivity index is 2.15. The van der Waals surface area contributed by atoms with Crippen molar-refractivity contribution in [3.63, 3.8) is 0 Å². The molecule has 1 aromatic carbocycles. The molecule has 3 N–H and O–H groups in total. The van der Waals surface area contributed by atoms with E-state index in [1.54, 1.807) is 11.3 Å². The van der Waals surface area contributed by atoms with Crippen LogP contribution in [-0.2, 0) is 11.2 Å². The fraction of sp³-hybridized carbons (Fsp3) is 0.267. The number of hydrogen-bond donors (Lipinski definition) is 2. The van der Waals surface area contributed by atoms with Crippen LogP contribution in [0.4, 0.5) is 0 Å². The molecule has 0 spiro atoms. The monoisotopic (exact) mass is 274 g/mol. The van der Waals surface area contributed by atoms with E-state index >= 15 is 0 Å². The highest BCUT2D eigenvalue weighted by Crippen LogP contribution is 2.26. The Labute approximate surface area is 117 Å². The molecule has 1 amide bonds. The fourth-order valence-electron chi connectivity index (χ4n) is 2.07. The summed E-state index contributed by atoms with van der Waals surface area (Å²) >= 11 is 1.71. The third kappa shape index (κ3) is 3.91. The van der Waals surface area contributed by atoms with Gasteiger partial charge in [0.1, 0.15) is 0 Å². The first kappa shape index (κ1) is 13.8. The second-order valence-electron chi connectivity index (χ2n) is 4.56. The minimum atomic E-state index is -0.327. The molecule has 0 bridgehead atoms. The molecule has 0 radical (unpaired) electrons. The van der Waals surface area contributed by atoms with Gasteiger partial charge in [-0.2, -0.15) is 0 Å². The predicted molar refractivity (Wildman–Crippen MR) is 79.1 cm³/mol. The zero-order valence-corrected chi connectivity index (χ0v) is 11.7. The number of aryl methyl sites for hydroxylation is 1. The molecule has 3 nitrogen and oxygen atoms in total. The van der Waals surface area contributed by atoms with Crippen molar-refractivity contribution in [1.82, 2.24) is 5.32 Å². The van der Waals surface area contributed by atoms with Gasteiger partial charge in [0, 0.05) is 10.9 Å². The number of nitrogens with two attached hydrogens (primary N) is 1. The zero-order valence-electron chi connectivity index (χ0n) is 10.9. The highest BCUT2D eigenvalue weighted by Gasteiger charge is 2.16. The molecule has 0 aliphatic heterocycles. The van der Waals surface area contributed by atoms with E-state index in [4.69, 9.17) is 5.73 Å². The molecule has 0 saturated heterocycles. The van der Waals surface area contributed by atoms with Crippen molar-refractivity contribution in [2.24, 2.45) is 5.73 Å². The van der Waals surface area contributed by atoms with Crippen LogP contribution in [0, 0.1) is 6.92 Å². The van der Waals surface area contributed by atoms with Gasteiger partial charge in [0.25, 0.3) is 0 Å². The number of hydrogen-bond acceptors (Lipinski definition) is 3. The molecule has 19 heavy (non-hydrogen) atoms. The van der Waals surface area contributed by atoms with E-state index in [0.29, 0.717) is 0 Å². The summed E-state index contributed by atoms with van der Waals surface area (Å²) in [6.07, 6.45) is 0.857. The largest absolute Gasteiger partial charge is 0.369 e. The Morgan fingerprint density at radius 1 is 1.32 bits per heavy atom. The van der Waals surface area contributed by atoms with Crippen LogP contribution < -0.4 is 11.1 Å². The average molecular weight is 274 g/mol. The molecule has 1 heterocycles. The van der Waals surface area contributed by atoms with E-state index in [2.05, 4.69) is 35.8 Å². The maximum atomic E-state index is 11.0. The Hall–Kier alpha value is -1.65. The first-order valence-electron chi connectivity index (χ1n) is 6.26. The van der Waals surface area contributed by atoms with Crippen molar-refractivity contribution in [1.29, 1.82) is 0 Å². The van der Waals surface area contributed by atoms with Gasteiger partial charge in [0.2, 0.25) is 5.91 Å². The number of amides is 1. The molecule has 1 aromatic heterocycles. The Bertz CT molecular complexity index is 536. The molecule has 2 rings (SSSR count). The lowest BCUT2D eigenvalue weighted by atomic mass is 10.0. The normalized spacial score (nSPS) is 12.3. The van der Waals surface area contributed by atoms with Crippen LogP contribution in [0.1, 0.15) is 22.0 Å². The van der Waals surface area contributed by atoms with Crippen molar-refractivity contribution in [3.8, 4) is 0 Å². The number of benzene rings is 1. The first-order chi connectivity index (χ1) is 9.16. The summed E-state index contributed by atoms with van der Waals surface area (Å²) in [5, 5.41) is 5.32. The standard InChI is InChI=1S/C15H18N2OS/c1-11-7-8-19-15(11)13(17-10-14(16)18)9-12-5-3-2-4-6-12/h2-8,13,17H,9-10H2,1H3,(H2,16,18). The second-order valence-corrected chi connectivity index (χ2v) is 5.51. The molecular formula is C15H18N2OS. The molecule has 4 heteroatoms. The van der Waals surface area contributed by atoms with Gasteiger partial charge in [-0.15, -0.1) is 11.3 Å². The highest BCUT2D eigenvalue weighted by molar-refractivity contribution is 7.10. The van der Waals surface area contributed by atoms with E-state index in [0.717, 1.165) is 6.42 Å². The van der Waals surface area contributed by atoms with Gasteiger partial charge < -0.3 is 11.1 Å².